The topological polar surface area (TPSA) is 59.1 Å². The first-order valence-corrected chi connectivity index (χ1v) is 7.31. The summed E-state index contributed by atoms with van der Waals surface area (Å²) in [7, 11) is 0. The van der Waals surface area contributed by atoms with E-state index in [1.165, 1.54) is 24.4 Å². The monoisotopic (exact) mass is 334 g/mol. The predicted octanol–water partition coefficient (Wildman–Crippen LogP) is 2.82. The van der Waals surface area contributed by atoms with Gasteiger partial charge in [-0.2, -0.15) is 0 Å². The van der Waals surface area contributed by atoms with Gasteiger partial charge in [0.15, 0.2) is 5.78 Å². The molecule has 0 fully saturated rings. The standard InChI is InChI=1S/C17H13F3N2O2/c18-11-4-3-10(13(19)8-11)9-22-16(24)17(20)6-5-14(23)15-12(17)2-1-7-21-15/h1-4,7-8H,5-6,9H2,(H,22,24). The minimum atomic E-state index is -2.41. The van der Waals surface area contributed by atoms with Crippen LogP contribution in [0.4, 0.5) is 13.2 Å². The Kier molecular flexibility index (Phi) is 4.09. The lowest BCUT2D eigenvalue weighted by Gasteiger charge is -2.29. The highest BCUT2D eigenvalue weighted by Crippen LogP contribution is 2.38. The summed E-state index contributed by atoms with van der Waals surface area (Å²) in [6.07, 6.45) is 0.912. The van der Waals surface area contributed by atoms with Gasteiger partial charge in [0.2, 0.25) is 5.67 Å². The molecule has 1 aromatic carbocycles. The molecule has 3 rings (SSSR count). The van der Waals surface area contributed by atoms with Crippen LogP contribution in [0, 0.1) is 11.6 Å². The van der Waals surface area contributed by atoms with Crippen molar-refractivity contribution in [3.8, 4) is 0 Å². The van der Waals surface area contributed by atoms with Crippen molar-refractivity contribution in [2.45, 2.75) is 25.1 Å². The molecule has 1 heterocycles. The Hall–Kier alpha value is -2.70. The van der Waals surface area contributed by atoms with Gasteiger partial charge in [0.05, 0.1) is 0 Å². The Labute approximate surface area is 135 Å². The number of carbonyl (C=O) groups excluding carboxylic acids is 2. The van der Waals surface area contributed by atoms with Crippen LogP contribution in [-0.4, -0.2) is 16.7 Å². The molecular weight excluding hydrogens is 321 g/mol. The molecule has 1 aromatic heterocycles. The minimum Gasteiger partial charge on any atom is -0.349 e. The molecule has 0 spiro atoms. The molecule has 1 amide bonds. The fourth-order valence-corrected chi connectivity index (χ4v) is 2.70. The number of halogens is 3. The number of hydrogen-bond acceptors (Lipinski definition) is 3. The number of alkyl halides is 1. The fraction of sp³-hybridized carbons (Fsp3) is 0.235. The Balaban J connectivity index is 1.82. The van der Waals surface area contributed by atoms with Gasteiger partial charge in [0.1, 0.15) is 17.3 Å². The van der Waals surface area contributed by atoms with Crippen molar-refractivity contribution < 1.29 is 22.8 Å². The van der Waals surface area contributed by atoms with Crippen molar-refractivity contribution in [1.29, 1.82) is 0 Å². The molecule has 0 radical (unpaired) electrons. The lowest BCUT2D eigenvalue weighted by molar-refractivity contribution is -0.134. The van der Waals surface area contributed by atoms with E-state index in [4.69, 9.17) is 0 Å². The Morgan fingerprint density at radius 3 is 2.83 bits per heavy atom. The van der Waals surface area contributed by atoms with E-state index in [1.807, 2.05) is 0 Å². The second kappa shape index (κ2) is 6.07. The zero-order valence-electron chi connectivity index (χ0n) is 12.5. The molecule has 1 unspecified atom stereocenters. The van der Waals surface area contributed by atoms with E-state index in [9.17, 15) is 18.4 Å². The maximum absolute atomic E-state index is 15.2. The van der Waals surface area contributed by atoms with Crippen LogP contribution in [0.3, 0.4) is 0 Å². The number of nitrogens with one attached hydrogen (secondary N) is 1. The van der Waals surface area contributed by atoms with Crippen LogP contribution in [0.15, 0.2) is 36.5 Å². The molecule has 0 saturated carbocycles. The SMILES string of the molecule is O=C1CCC(F)(C(=O)NCc2ccc(F)cc2F)c2cccnc21. The van der Waals surface area contributed by atoms with Crippen LogP contribution in [0.1, 0.15) is 34.5 Å². The molecule has 124 valence electrons. The minimum absolute atomic E-state index is 0.0339. The van der Waals surface area contributed by atoms with Crippen LogP contribution in [0.2, 0.25) is 0 Å². The smallest absolute Gasteiger partial charge is 0.262 e. The maximum Gasteiger partial charge on any atom is 0.262 e. The predicted molar refractivity (Wildman–Crippen MR) is 78.8 cm³/mol. The van der Waals surface area contributed by atoms with Crippen molar-refractivity contribution in [1.82, 2.24) is 10.3 Å². The number of nitrogens with zero attached hydrogens (tertiary/aromatic N) is 1. The van der Waals surface area contributed by atoms with Gasteiger partial charge in [-0.3, -0.25) is 14.6 Å². The Bertz CT molecular complexity index is 825. The van der Waals surface area contributed by atoms with Crippen molar-refractivity contribution in [3.63, 3.8) is 0 Å². The summed E-state index contributed by atoms with van der Waals surface area (Å²) in [5, 5.41) is 2.31. The highest BCUT2D eigenvalue weighted by atomic mass is 19.1. The summed E-state index contributed by atoms with van der Waals surface area (Å²) in [4.78, 5) is 28.0. The number of Topliss-reactive ketones (excluding diaryl/α,β-unsaturated/α-hetero) is 1. The molecule has 1 N–H and O–H groups in total. The second-order valence-electron chi connectivity index (χ2n) is 5.54. The van der Waals surface area contributed by atoms with Gasteiger partial charge in [-0.05, 0) is 12.1 Å². The third kappa shape index (κ3) is 2.77. The molecule has 2 aromatic rings. The maximum atomic E-state index is 15.2. The van der Waals surface area contributed by atoms with Crippen LogP contribution in [0.5, 0.6) is 0 Å². The molecule has 1 aliphatic rings. The van der Waals surface area contributed by atoms with Crippen molar-refractivity contribution in [2.75, 3.05) is 0 Å². The van der Waals surface area contributed by atoms with Gasteiger partial charge < -0.3 is 5.32 Å². The van der Waals surface area contributed by atoms with Crippen LogP contribution < -0.4 is 5.32 Å². The molecule has 1 aliphatic carbocycles. The normalized spacial score (nSPS) is 19.7. The lowest BCUT2D eigenvalue weighted by atomic mass is 9.81. The summed E-state index contributed by atoms with van der Waals surface area (Å²) >= 11 is 0. The van der Waals surface area contributed by atoms with Crippen molar-refractivity contribution in [3.05, 3.63) is 65.0 Å². The largest absolute Gasteiger partial charge is 0.349 e. The third-order valence-corrected chi connectivity index (χ3v) is 4.01. The van der Waals surface area contributed by atoms with Gasteiger partial charge >= 0.3 is 0 Å². The van der Waals surface area contributed by atoms with Crippen LogP contribution in [0.25, 0.3) is 0 Å². The summed E-state index contributed by atoms with van der Waals surface area (Å²) in [6, 6.07) is 5.70. The Morgan fingerprint density at radius 2 is 2.08 bits per heavy atom. The molecule has 1 atom stereocenters. The van der Waals surface area contributed by atoms with Crippen molar-refractivity contribution >= 4 is 11.7 Å². The van der Waals surface area contributed by atoms with Crippen LogP contribution >= 0.6 is 0 Å². The average molecular weight is 334 g/mol. The van der Waals surface area contributed by atoms with E-state index < -0.39 is 23.2 Å². The van der Waals surface area contributed by atoms with E-state index in [2.05, 4.69) is 10.3 Å². The zero-order valence-corrected chi connectivity index (χ0v) is 12.5. The number of pyridine rings is 1. The van der Waals surface area contributed by atoms with Crippen molar-refractivity contribution in [2.24, 2.45) is 0 Å². The highest BCUT2D eigenvalue weighted by molar-refractivity contribution is 6.01. The first-order chi connectivity index (χ1) is 11.4. The number of hydrogen-bond donors (Lipinski definition) is 1. The van der Waals surface area contributed by atoms with E-state index in [-0.39, 0.29) is 42.0 Å². The lowest BCUT2D eigenvalue weighted by Crippen LogP contribution is -2.44. The van der Waals surface area contributed by atoms with Crippen LogP contribution in [-0.2, 0) is 17.0 Å². The number of fused-ring (bicyclic) bond motifs is 1. The molecule has 0 bridgehead atoms. The number of rotatable bonds is 3. The number of carbonyl (C=O) groups is 2. The first-order valence-electron chi connectivity index (χ1n) is 7.31. The van der Waals surface area contributed by atoms with E-state index >= 15 is 4.39 Å². The van der Waals surface area contributed by atoms with E-state index in [1.54, 1.807) is 0 Å². The quantitative estimate of drug-likeness (QED) is 0.939. The number of ketones is 1. The molecular formula is C17H13F3N2O2. The second-order valence-corrected chi connectivity index (χ2v) is 5.54. The molecule has 7 heteroatoms. The summed E-state index contributed by atoms with van der Waals surface area (Å²) < 4.78 is 41.7. The van der Waals surface area contributed by atoms with Gasteiger partial charge in [-0.1, -0.05) is 12.1 Å². The average Bonchev–Trinajstić information content (AvgIpc) is 2.57. The molecule has 4 nitrogen and oxygen atoms in total. The van der Waals surface area contributed by atoms with Gasteiger partial charge in [0, 0.05) is 42.8 Å². The van der Waals surface area contributed by atoms with E-state index in [0.717, 1.165) is 6.07 Å². The zero-order chi connectivity index (χ0) is 17.3. The number of amides is 1. The summed E-state index contributed by atoms with van der Waals surface area (Å²) in [5.74, 6) is -2.87. The number of benzene rings is 1. The molecule has 24 heavy (non-hydrogen) atoms. The molecule has 0 aliphatic heterocycles. The first kappa shape index (κ1) is 16.2. The summed E-state index contributed by atoms with van der Waals surface area (Å²) in [5.41, 5.74) is -2.52. The van der Waals surface area contributed by atoms with Gasteiger partial charge in [-0.25, -0.2) is 13.2 Å². The fourth-order valence-electron chi connectivity index (χ4n) is 2.70. The number of aromatic nitrogens is 1. The van der Waals surface area contributed by atoms with Gasteiger partial charge in [0.25, 0.3) is 5.91 Å². The Morgan fingerprint density at radius 1 is 1.29 bits per heavy atom. The molecule has 0 saturated heterocycles. The van der Waals surface area contributed by atoms with E-state index in [0.29, 0.717) is 6.07 Å². The van der Waals surface area contributed by atoms with Gasteiger partial charge in [-0.15, -0.1) is 0 Å². The third-order valence-electron chi connectivity index (χ3n) is 4.01. The summed E-state index contributed by atoms with van der Waals surface area (Å²) in [6.45, 7) is -0.292. The highest BCUT2D eigenvalue weighted by Gasteiger charge is 2.46.